The number of para-hydroxylation sites is 1. The molecular formula is C35H36ClN9O3. The normalized spacial score (nSPS) is 10.8. The number of aromatic nitrogens is 4. The summed E-state index contributed by atoms with van der Waals surface area (Å²) in [7, 11) is 4.86. The zero-order valence-corrected chi connectivity index (χ0v) is 27.6. The number of hydrogen-bond acceptors (Lipinski definition) is 12. The van der Waals surface area contributed by atoms with Gasteiger partial charge in [-0.3, -0.25) is 0 Å². The van der Waals surface area contributed by atoms with Crippen LogP contribution in [0.4, 0.5) is 34.9 Å². The summed E-state index contributed by atoms with van der Waals surface area (Å²) in [4.78, 5) is 18.7. The Kier molecular flexibility index (Phi) is 10.2. The molecule has 0 fully saturated rings. The zero-order valence-electron chi connectivity index (χ0n) is 26.8. The summed E-state index contributed by atoms with van der Waals surface area (Å²) in [6.45, 7) is 2.32. The van der Waals surface area contributed by atoms with E-state index in [2.05, 4.69) is 41.5 Å². The molecule has 48 heavy (non-hydrogen) atoms. The van der Waals surface area contributed by atoms with E-state index in [0.717, 1.165) is 38.9 Å². The van der Waals surface area contributed by atoms with Crippen molar-refractivity contribution in [2.24, 2.45) is 0 Å². The molecule has 246 valence electrons. The molecule has 6 rings (SSSR count). The second-order valence-corrected chi connectivity index (χ2v) is 11.1. The van der Waals surface area contributed by atoms with Crippen LogP contribution in [-0.2, 0) is 0 Å². The lowest BCUT2D eigenvalue weighted by Gasteiger charge is -2.15. The highest BCUT2D eigenvalue weighted by Crippen LogP contribution is 2.34. The van der Waals surface area contributed by atoms with Gasteiger partial charge in [0.15, 0.2) is 0 Å². The Labute approximate surface area is 283 Å². The minimum Gasteiger partial charge on any atom is -0.497 e. The highest BCUT2D eigenvalue weighted by molar-refractivity contribution is 6.31. The number of ether oxygens (including phenoxy) is 3. The first-order valence-corrected chi connectivity index (χ1v) is 15.7. The molecule has 0 atom stereocenters. The van der Waals surface area contributed by atoms with Gasteiger partial charge >= 0.3 is 0 Å². The van der Waals surface area contributed by atoms with E-state index in [1.807, 2.05) is 78.9 Å². The summed E-state index contributed by atoms with van der Waals surface area (Å²) >= 11 is 6.30. The molecule has 0 bridgehead atoms. The van der Waals surface area contributed by atoms with Gasteiger partial charge in [-0.1, -0.05) is 29.8 Å². The van der Waals surface area contributed by atoms with Gasteiger partial charge in [0.05, 0.1) is 38.1 Å². The van der Waals surface area contributed by atoms with Gasteiger partial charge in [-0.05, 0) is 48.5 Å². The number of nitrogens with zero attached hydrogens (tertiary/aromatic N) is 4. The molecule has 0 radical (unpaired) electrons. The van der Waals surface area contributed by atoms with E-state index in [9.17, 15) is 0 Å². The lowest BCUT2D eigenvalue weighted by Crippen LogP contribution is -2.19. The molecule has 12 nitrogen and oxygen atoms in total. The number of pyridine rings is 1. The second kappa shape index (κ2) is 15.2. The van der Waals surface area contributed by atoms with Gasteiger partial charge in [0.2, 0.25) is 17.8 Å². The van der Waals surface area contributed by atoms with Crippen molar-refractivity contribution >= 4 is 68.3 Å². The highest BCUT2D eigenvalue weighted by atomic mass is 35.5. The molecule has 0 aliphatic heterocycles. The van der Waals surface area contributed by atoms with E-state index in [1.165, 1.54) is 0 Å². The third kappa shape index (κ3) is 7.96. The fourth-order valence-corrected chi connectivity index (χ4v) is 5.28. The molecule has 0 saturated carbocycles. The summed E-state index contributed by atoms with van der Waals surface area (Å²) in [5.74, 6) is 3.19. The Morgan fingerprint density at radius 2 is 1.17 bits per heavy atom. The lowest BCUT2D eigenvalue weighted by atomic mass is 10.1. The van der Waals surface area contributed by atoms with E-state index in [0.29, 0.717) is 66.2 Å². The molecule has 0 aliphatic carbocycles. The largest absolute Gasteiger partial charge is 0.497 e. The molecule has 4 aromatic carbocycles. The molecule has 0 aliphatic rings. The van der Waals surface area contributed by atoms with Gasteiger partial charge < -0.3 is 40.8 Å². The first kappa shape index (κ1) is 32.2. The van der Waals surface area contributed by atoms with Crippen molar-refractivity contribution in [2.45, 2.75) is 0 Å². The molecule has 6 aromatic rings. The van der Waals surface area contributed by atoms with Gasteiger partial charge in [0.1, 0.15) is 17.2 Å². The Bertz CT molecular complexity index is 1990. The topological polar surface area (TPSA) is 139 Å². The van der Waals surface area contributed by atoms with Crippen molar-refractivity contribution in [3.05, 3.63) is 90.0 Å². The summed E-state index contributed by atoms with van der Waals surface area (Å²) < 4.78 is 16.4. The Morgan fingerprint density at radius 3 is 1.85 bits per heavy atom. The predicted molar refractivity (Wildman–Crippen MR) is 194 cm³/mol. The smallest absolute Gasteiger partial charge is 0.233 e. The monoisotopic (exact) mass is 665 g/mol. The highest BCUT2D eigenvalue weighted by Gasteiger charge is 2.12. The van der Waals surface area contributed by atoms with Crippen LogP contribution in [0.1, 0.15) is 0 Å². The van der Waals surface area contributed by atoms with Crippen LogP contribution in [0.25, 0.3) is 21.8 Å². The van der Waals surface area contributed by atoms with E-state index >= 15 is 0 Å². The minimum absolute atomic E-state index is 0.351. The number of nitrogens with one attached hydrogen (secondary N) is 5. The molecule has 0 unspecified atom stereocenters. The SMILES string of the molecule is COc1cc(Nc2nc(NCCNc3ccccc3)nc(NCCNc3c4ccc(Cl)cc4nc4ccc(OC)cc34)n2)cc(OC)c1. The number of methoxy groups -OCH3 is 3. The van der Waals surface area contributed by atoms with Crippen LogP contribution in [0.3, 0.4) is 0 Å². The first-order chi connectivity index (χ1) is 23.5. The average Bonchev–Trinajstić information content (AvgIpc) is 3.11. The molecule has 0 saturated heterocycles. The van der Waals surface area contributed by atoms with Crippen molar-refractivity contribution in [3.63, 3.8) is 0 Å². The van der Waals surface area contributed by atoms with Crippen LogP contribution in [-0.4, -0.2) is 67.4 Å². The van der Waals surface area contributed by atoms with Gasteiger partial charge in [-0.25, -0.2) is 4.98 Å². The first-order valence-electron chi connectivity index (χ1n) is 15.3. The number of fused-ring (bicyclic) bond motifs is 2. The van der Waals surface area contributed by atoms with Crippen LogP contribution in [0.2, 0.25) is 5.02 Å². The van der Waals surface area contributed by atoms with E-state index in [1.54, 1.807) is 27.4 Å². The van der Waals surface area contributed by atoms with Crippen molar-refractivity contribution in [2.75, 3.05) is 74.1 Å². The van der Waals surface area contributed by atoms with E-state index in [4.69, 9.17) is 30.8 Å². The van der Waals surface area contributed by atoms with Gasteiger partial charge in [-0.15, -0.1) is 0 Å². The molecule has 0 spiro atoms. The Hall–Kier alpha value is -5.75. The lowest BCUT2D eigenvalue weighted by molar-refractivity contribution is 0.395. The van der Waals surface area contributed by atoms with E-state index < -0.39 is 0 Å². The minimum atomic E-state index is 0.351. The van der Waals surface area contributed by atoms with Crippen LogP contribution in [0, 0.1) is 0 Å². The van der Waals surface area contributed by atoms with Gasteiger partial charge in [0.25, 0.3) is 0 Å². The summed E-state index contributed by atoms with van der Waals surface area (Å²) in [6.07, 6.45) is 0. The van der Waals surface area contributed by atoms with Crippen LogP contribution < -0.4 is 40.8 Å². The molecule has 2 aromatic heterocycles. The molecule has 2 heterocycles. The van der Waals surface area contributed by atoms with Crippen molar-refractivity contribution < 1.29 is 14.2 Å². The van der Waals surface area contributed by atoms with Crippen molar-refractivity contribution in [1.82, 2.24) is 19.9 Å². The van der Waals surface area contributed by atoms with Crippen molar-refractivity contribution in [3.8, 4) is 17.2 Å². The fraction of sp³-hybridized carbons (Fsp3) is 0.200. The Balaban J connectivity index is 1.19. The Morgan fingerprint density at radius 1 is 0.521 bits per heavy atom. The zero-order chi connectivity index (χ0) is 33.3. The third-order valence-corrected chi connectivity index (χ3v) is 7.64. The van der Waals surface area contributed by atoms with E-state index in [-0.39, 0.29) is 0 Å². The maximum absolute atomic E-state index is 6.30. The number of anilines is 6. The van der Waals surface area contributed by atoms with Crippen molar-refractivity contribution in [1.29, 1.82) is 0 Å². The number of benzene rings is 4. The summed E-state index contributed by atoms with van der Waals surface area (Å²) in [5.41, 5.74) is 4.31. The summed E-state index contributed by atoms with van der Waals surface area (Å²) in [5, 5.41) is 19.4. The average molecular weight is 666 g/mol. The summed E-state index contributed by atoms with van der Waals surface area (Å²) in [6, 6.07) is 27.0. The maximum Gasteiger partial charge on any atom is 0.233 e. The molecule has 13 heteroatoms. The predicted octanol–water partition coefficient (Wildman–Crippen LogP) is 7.04. The van der Waals surface area contributed by atoms with Gasteiger partial charge in [-0.2, -0.15) is 15.0 Å². The molecular weight excluding hydrogens is 630 g/mol. The standard InChI is InChI=1S/C35H36ClN9O3/c1-46-25-10-12-30-29(21-25)32(28-11-9-22(36)17-31(28)42-30)38-14-16-40-34-43-33(39-15-13-37-23-7-5-4-6-8-23)44-35(45-34)41-24-18-26(47-2)20-27(19-24)48-3/h4-12,17-21,37H,13-16H2,1-3H3,(H,38,42)(H3,39,40,41,43,44,45). The molecule has 5 N–H and O–H groups in total. The van der Waals surface area contributed by atoms with Crippen LogP contribution in [0.15, 0.2) is 84.9 Å². The maximum atomic E-state index is 6.30. The van der Waals surface area contributed by atoms with Crippen LogP contribution in [0.5, 0.6) is 17.2 Å². The number of rotatable bonds is 15. The quantitative estimate of drug-likeness (QED) is 0.0567. The second-order valence-electron chi connectivity index (χ2n) is 10.6. The number of hydrogen-bond donors (Lipinski definition) is 5. The number of halogens is 1. The fourth-order valence-electron chi connectivity index (χ4n) is 5.11. The van der Waals surface area contributed by atoms with Crippen LogP contribution >= 0.6 is 11.6 Å². The third-order valence-electron chi connectivity index (χ3n) is 7.41. The molecule has 0 amide bonds. The van der Waals surface area contributed by atoms with Gasteiger partial charge in [0, 0.05) is 71.5 Å².